The van der Waals surface area contributed by atoms with Gasteiger partial charge in [-0.3, -0.25) is 0 Å². The molecule has 1 aromatic rings. The van der Waals surface area contributed by atoms with Crippen LogP contribution in [0.3, 0.4) is 0 Å². The van der Waals surface area contributed by atoms with Crippen molar-refractivity contribution >= 4 is 17.5 Å². The Balaban J connectivity index is 2.30. The smallest absolute Gasteiger partial charge is 0.338 e. The average molecular weight is 220 g/mol. The second-order valence-electron chi connectivity index (χ2n) is 3.29. The first-order valence-electron chi connectivity index (χ1n) is 4.97. The topological polar surface area (TPSA) is 73.9 Å². The molecule has 0 aliphatic carbocycles. The Morgan fingerprint density at radius 2 is 2.44 bits per heavy atom. The van der Waals surface area contributed by atoms with E-state index in [0.29, 0.717) is 29.4 Å². The lowest BCUT2D eigenvalue weighted by atomic mass is 10.2. The molecule has 16 heavy (non-hydrogen) atoms. The van der Waals surface area contributed by atoms with Gasteiger partial charge in [-0.1, -0.05) is 0 Å². The molecule has 1 aromatic carbocycles. The van der Waals surface area contributed by atoms with Crippen molar-refractivity contribution in [3.8, 4) is 5.75 Å². The van der Waals surface area contributed by atoms with Crippen LogP contribution >= 0.6 is 0 Å². The molecule has 2 rings (SSSR count). The van der Waals surface area contributed by atoms with E-state index < -0.39 is 0 Å². The average Bonchev–Trinajstić information content (AvgIpc) is 2.28. The third-order valence-electron chi connectivity index (χ3n) is 2.11. The van der Waals surface area contributed by atoms with E-state index in [1.807, 2.05) is 0 Å². The number of esters is 1. The van der Waals surface area contributed by atoms with Crippen LogP contribution in [0.2, 0.25) is 0 Å². The summed E-state index contributed by atoms with van der Waals surface area (Å²) in [6, 6.07) is 4.94. The summed E-state index contributed by atoms with van der Waals surface area (Å²) in [5.41, 5.74) is 6.62. The fourth-order valence-electron chi connectivity index (χ4n) is 1.40. The van der Waals surface area contributed by atoms with Gasteiger partial charge >= 0.3 is 5.97 Å². The van der Waals surface area contributed by atoms with Gasteiger partial charge in [0, 0.05) is 0 Å². The predicted octanol–water partition coefficient (Wildman–Crippen LogP) is 1.24. The van der Waals surface area contributed by atoms with Gasteiger partial charge in [0.2, 0.25) is 0 Å². The highest BCUT2D eigenvalue weighted by atomic mass is 16.5. The molecule has 0 fully saturated rings. The largest absolute Gasteiger partial charge is 0.483 e. The lowest BCUT2D eigenvalue weighted by Crippen LogP contribution is -2.23. The van der Waals surface area contributed by atoms with E-state index >= 15 is 0 Å². The van der Waals surface area contributed by atoms with E-state index in [-0.39, 0.29) is 12.6 Å². The number of rotatable bonds is 2. The molecule has 0 saturated heterocycles. The highest BCUT2D eigenvalue weighted by Crippen LogP contribution is 2.31. The van der Waals surface area contributed by atoms with Crippen LogP contribution in [0, 0.1) is 0 Å². The van der Waals surface area contributed by atoms with Crippen LogP contribution < -0.4 is 10.5 Å². The zero-order valence-electron chi connectivity index (χ0n) is 8.90. The number of hydrogen-bond acceptors (Lipinski definition) is 5. The SMILES string of the molecule is CCOC(=O)c1ccc2c(c1)OCC(N)=N2. The minimum Gasteiger partial charge on any atom is -0.483 e. The van der Waals surface area contributed by atoms with Crippen LogP contribution in [0.15, 0.2) is 23.2 Å². The number of benzene rings is 1. The number of fused-ring (bicyclic) bond motifs is 1. The Morgan fingerprint density at radius 3 is 3.19 bits per heavy atom. The lowest BCUT2D eigenvalue weighted by molar-refractivity contribution is 0.0526. The summed E-state index contributed by atoms with van der Waals surface area (Å²) in [7, 11) is 0. The lowest BCUT2D eigenvalue weighted by Gasteiger charge is -2.15. The Kier molecular flexibility index (Phi) is 2.76. The number of amidine groups is 1. The van der Waals surface area contributed by atoms with E-state index in [1.54, 1.807) is 25.1 Å². The minimum atomic E-state index is -0.364. The number of nitrogens with two attached hydrogens (primary N) is 1. The van der Waals surface area contributed by atoms with Crippen molar-refractivity contribution in [2.24, 2.45) is 10.7 Å². The number of carbonyl (C=O) groups excluding carboxylic acids is 1. The number of hydrogen-bond donors (Lipinski definition) is 1. The molecule has 0 unspecified atom stereocenters. The van der Waals surface area contributed by atoms with Gasteiger partial charge in [-0.25, -0.2) is 9.79 Å². The fourth-order valence-corrected chi connectivity index (χ4v) is 1.40. The molecule has 0 atom stereocenters. The number of aliphatic imine (C=N–C) groups is 1. The molecule has 0 spiro atoms. The highest BCUT2D eigenvalue weighted by Gasteiger charge is 2.14. The van der Waals surface area contributed by atoms with Gasteiger partial charge in [-0.05, 0) is 25.1 Å². The molecule has 5 heteroatoms. The molecule has 0 radical (unpaired) electrons. The summed E-state index contributed by atoms with van der Waals surface area (Å²) in [4.78, 5) is 15.6. The first-order chi connectivity index (χ1) is 7.70. The Hall–Kier alpha value is -2.04. The van der Waals surface area contributed by atoms with E-state index in [9.17, 15) is 4.79 Å². The molecule has 1 aliphatic rings. The fraction of sp³-hybridized carbons (Fsp3) is 0.273. The normalized spacial score (nSPS) is 13.4. The summed E-state index contributed by atoms with van der Waals surface area (Å²) in [6.07, 6.45) is 0. The summed E-state index contributed by atoms with van der Waals surface area (Å²) in [5, 5.41) is 0. The zero-order valence-corrected chi connectivity index (χ0v) is 8.90. The molecule has 0 bridgehead atoms. The van der Waals surface area contributed by atoms with E-state index in [1.165, 1.54) is 0 Å². The molecule has 5 nitrogen and oxygen atoms in total. The maximum Gasteiger partial charge on any atom is 0.338 e. The summed E-state index contributed by atoms with van der Waals surface area (Å²) < 4.78 is 10.2. The van der Waals surface area contributed by atoms with Crippen molar-refractivity contribution in [2.45, 2.75) is 6.92 Å². The molecule has 0 amide bonds. The first-order valence-corrected chi connectivity index (χ1v) is 4.97. The standard InChI is InChI=1S/C11H12N2O3/c1-2-15-11(14)7-3-4-8-9(5-7)16-6-10(12)13-8/h3-5H,2,6H2,1H3,(H2,12,13). The summed E-state index contributed by atoms with van der Waals surface area (Å²) in [6.45, 7) is 2.36. The first kappa shape index (κ1) is 10.5. The molecular formula is C11H12N2O3. The highest BCUT2D eigenvalue weighted by molar-refractivity contribution is 5.92. The molecule has 2 N–H and O–H groups in total. The van der Waals surface area contributed by atoms with Crippen LogP contribution in [0.1, 0.15) is 17.3 Å². The van der Waals surface area contributed by atoms with Crippen molar-refractivity contribution in [1.82, 2.24) is 0 Å². The van der Waals surface area contributed by atoms with Gasteiger partial charge in [-0.2, -0.15) is 0 Å². The molecule has 0 saturated carbocycles. The zero-order chi connectivity index (χ0) is 11.5. The quantitative estimate of drug-likeness (QED) is 0.761. The van der Waals surface area contributed by atoms with E-state index in [2.05, 4.69) is 4.99 Å². The van der Waals surface area contributed by atoms with Crippen LogP contribution in [0.5, 0.6) is 5.75 Å². The summed E-state index contributed by atoms with van der Waals surface area (Å²) in [5.74, 6) is 0.618. The van der Waals surface area contributed by atoms with Crippen LogP contribution in [0.4, 0.5) is 5.69 Å². The monoisotopic (exact) mass is 220 g/mol. The molecule has 0 aromatic heterocycles. The summed E-state index contributed by atoms with van der Waals surface area (Å²) >= 11 is 0. The Labute approximate surface area is 92.9 Å². The van der Waals surface area contributed by atoms with Crippen LogP contribution in [0.25, 0.3) is 0 Å². The van der Waals surface area contributed by atoms with Crippen molar-refractivity contribution < 1.29 is 14.3 Å². The van der Waals surface area contributed by atoms with Crippen molar-refractivity contribution in [2.75, 3.05) is 13.2 Å². The number of carbonyl (C=O) groups is 1. The van der Waals surface area contributed by atoms with Gasteiger partial charge in [0.1, 0.15) is 23.9 Å². The third kappa shape index (κ3) is 1.98. The molecular weight excluding hydrogens is 208 g/mol. The number of ether oxygens (including phenoxy) is 2. The second-order valence-corrected chi connectivity index (χ2v) is 3.29. The molecule has 84 valence electrons. The number of nitrogens with zero attached hydrogens (tertiary/aromatic N) is 1. The van der Waals surface area contributed by atoms with Crippen LogP contribution in [-0.2, 0) is 4.74 Å². The van der Waals surface area contributed by atoms with Gasteiger partial charge in [0.05, 0.1) is 12.2 Å². The van der Waals surface area contributed by atoms with Crippen LogP contribution in [-0.4, -0.2) is 25.0 Å². The van der Waals surface area contributed by atoms with Crippen molar-refractivity contribution in [3.63, 3.8) is 0 Å². The minimum absolute atomic E-state index is 0.249. The Morgan fingerprint density at radius 1 is 1.62 bits per heavy atom. The van der Waals surface area contributed by atoms with Crippen molar-refractivity contribution in [1.29, 1.82) is 0 Å². The molecule has 1 aliphatic heterocycles. The van der Waals surface area contributed by atoms with Crippen molar-refractivity contribution in [3.05, 3.63) is 23.8 Å². The second kappa shape index (κ2) is 4.22. The van der Waals surface area contributed by atoms with Gasteiger partial charge < -0.3 is 15.2 Å². The van der Waals surface area contributed by atoms with Gasteiger partial charge in [0.15, 0.2) is 0 Å². The predicted molar refractivity (Wildman–Crippen MR) is 59.2 cm³/mol. The van der Waals surface area contributed by atoms with Gasteiger partial charge in [-0.15, -0.1) is 0 Å². The Bertz CT molecular complexity index is 455. The maximum absolute atomic E-state index is 11.5. The maximum atomic E-state index is 11.5. The van der Waals surface area contributed by atoms with Gasteiger partial charge in [0.25, 0.3) is 0 Å². The van der Waals surface area contributed by atoms with E-state index in [0.717, 1.165) is 0 Å². The van der Waals surface area contributed by atoms with E-state index in [4.69, 9.17) is 15.2 Å². The third-order valence-corrected chi connectivity index (χ3v) is 2.11. The molecule has 1 heterocycles.